The zero-order valence-electron chi connectivity index (χ0n) is 40.0. The maximum atomic E-state index is 2.46. The second-order valence-electron chi connectivity index (χ2n) is 20.1. The number of nitrogens with zero attached hydrogens (tertiary/aromatic N) is 2. The highest BCUT2D eigenvalue weighted by Gasteiger charge is 2.37. The van der Waals surface area contributed by atoms with E-state index in [1.54, 1.807) is 0 Å². The van der Waals surface area contributed by atoms with Gasteiger partial charge in [0.25, 0.3) is 0 Å². The molecule has 0 saturated carbocycles. The Morgan fingerprint density at radius 1 is 0.257 bits per heavy atom. The van der Waals surface area contributed by atoms with E-state index in [-0.39, 0.29) is 10.8 Å². The van der Waals surface area contributed by atoms with Crippen molar-refractivity contribution in [3.05, 3.63) is 265 Å². The van der Waals surface area contributed by atoms with Crippen LogP contribution in [0.1, 0.15) is 49.9 Å². The summed E-state index contributed by atoms with van der Waals surface area (Å²) in [5, 5.41) is 4.88. The van der Waals surface area contributed by atoms with E-state index in [4.69, 9.17) is 0 Å². The molecule has 2 aliphatic carbocycles. The molecule has 70 heavy (non-hydrogen) atoms. The van der Waals surface area contributed by atoms with Gasteiger partial charge in [0, 0.05) is 44.4 Å². The third-order valence-corrected chi connectivity index (χ3v) is 15.5. The number of fused-ring (bicyclic) bond motifs is 8. The van der Waals surface area contributed by atoms with Gasteiger partial charge in [-0.2, -0.15) is 0 Å². The molecular formula is C68H52N2. The summed E-state index contributed by atoms with van der Waals surface area (Å²) in [4.78, 5) is 4.87. The molecule has 0 heterocycles. The van der Waals surface area contributed by atoms with E-state index in [1.165, 1.54) is 88.3 Å². The van der Waals surface area contributed by atoms with Gasteiger partial charge in [-0.25, -0.2) is 0 Å². The van der Waals surface area contributed by atoms with Crippen LogP contribution in [0.4, 0.5) is 34.1 Å². The largest absolute Gasteiger partial charge is 0.310 e. The van der Waals surface area contributed by atoms with Crippen LogP contribution < -0.4 is 9.80 Å². The molecule has 0 N–H and O–H groups in total. The summed E-state index contributed by atoms with van der Waals surface area (Å²) < 4.78 is 0. The molecule has 0 amide bonds. The van der Waals surface area contributed by atoms with Gasteiger partial charge in [0.05, 0.1) is 11.4 Å². The van der Waals surface area contributed by atoms with Crippen LogP contribution in [-0.4, -0.2) is 0 Å². The van der Waals surface area contributed by atoms with Crippen molar-refractivity contribution in [3.63, 3.8) is 0 Å². The minimum Gasteiger partial charge on any atom is -0.310 e. The third-order valence-electron chi connectivity index (χ3n) is 15.5. The standard InChI is InChI=1S/C68H52N2/c1-67(2)61-23-11-9-21-57(61)59-41-39-53(43-63(59)67)69(54-40-42-60-58-22-10-12-24-62(58)68(3,4)64(60)44-54)51-35-31-47(32-36-51)45-27-29-46(30-28-45)48-33-37-52(38-34-48)70(65-25-13-17-49-15-5-7-19-55(49)65)66-26-14-18-50-16-6-8-20-56(50)66/h5-44H,1-4H3. The lowest BCUT2D eigenvalue weighted by Gasteiger charge is -2.30. The maximum Gasteiger partial charge on any atom is 0.0540 e. The lowest BCUT2D eigenvalue weighted by Crippen LogP contribution is -2.18. The molecule has 0 aliphatic heterocycles. The van der Waals surface area contributed by atoms with Gasteiger partial charge >= 0.3 is 0 Å². The van der Waals surface area contributed by atoms with Crippen LogP contribution in [0.3, 0.4) is 0 Å². The summed E-state index contributed by atoms with van der Waals surface area (Å²) >= 11 is 0. The summed E-state index contributed by atoms with van der Waals surface area (Å²) in [6.07, 6.45) is 0. The summed E-state index contributed by atoms with van der Waals surface area (Å²) in [7, 11) is 0. The Morgan fingerprint density at radius 2 is 0.586 bits per heavy atom. The van der Waals surface area contributed by atoms with Gasteiger partial charge < -0.3 is 9.80 Å². The highest BCUT2D eigenvalue weighted by atomic mass is 15.1. The molecule has 2 heteroatoms. The zero-order chi connectivity index (χ0) is 47.1. The zero-order valence-corrected chi connectivity index (χ0v) is 40.0. The van der Waals surface area contributed by atoms with Crippen molar-refractivity contribution in [3.8, 4) is 44.5 Å². The minimum atomic E-state index is -0.109. The van der Waals surface area contributed by atoms with Crippen molar-refractivity contribution >= 4 is 55.7 Å². The normalized spacial score (nSPS) is 13.7. The van der Waals surface area contributed by atoms with Crippen molar-refractivity contribution in [2.24, 2.45) is 0 Å². The summed E-state index contributed by atoms with van der Waals surface area (Å²) in [6, 6.07) is 89.7. The Morgan fingerprint density at radius 3 is 1.03 bits per heavy atom. The Kier molecular flexibility index (Phi) is 9.58. The summed E-state index contributed by atoms with van der Waals surface area (Å²) in [6.45, 7) is 9.46. The Labute approximate surface area is 411 Å². The van der Waals surface area contributed by atoms with Gasteiger partial charge in [-0.3, -0.25) is 0 Å². The molecule has 0 saturated heterocycles. The first-order chi connectivity index (χ1) is 34.2. The predicted molar refractivity (Wildman–Crippen MR) is 297 cm³/mol. The smallest absolute Gasteiger partial charge is 0.0540 e. The van der Waals surface area contributed by atoms with Gasteiger partial charge in [0.15, 0.2) is 0 Å². The molecule has 0 bridgehead atoms. The first kappa shape index (κ1) is 41.7. The molecule has 0 spiro atoms. The van der Waals surface area contributed by atoms with Crippen molar-refractivity contribution in [2.45, 2.75) is 38.5 Å². The van der Waals surface area contributed by atoms with Crippen LogP contribution in [0.5, 0.6) is 0 Å². The van der Waals surface area contributed by atoms with Gasteiger partial charge in [-0.05, 0) is 138 Å². The van der Waals surface area contributed by atoms with E-state index in [9.17, 15) is 0 Å². The second-order valence-corrected chi connectivity index (χ2v) is 20.1. The summed E-state index contributed by atoms with van der Waals surface area (Å²) in [5.74, 6) is 0. The molecule has 334 valence electrons. The van der Waals surface area contributed by atoms with Crippen molar-refractivity contribution in [1.82, 2.24) is 0 Å². The highest BCUT2D eigenvalue weighted by molar-refractivity contribution is 6.05. The topological polar surface area (TPSA) is 6.48 Å². The molecule has 0 atom stereocenters. The van der Waals surface area contributed by atoms with Gasteiger partial charge in [-0.15, -0.1) is 0 Å². The first-order valence-electron chi connectivity index (χ1n) is 24.6. The van der Waals surface area contributed by atoms with Crippen LogP contribution in [0.25, 0.3) is 66.1 Å². The van der Waals surface area contributed by atoms with E-state index >= 15 is 0 Å². The minimum absolute atomic E-state index is 0.109. The highest BCUT2D eigenvalue weighted by Crippen LogP contribution is 2.53. The lowest BCUT2D eigenvalue weighted by atomic mass is 9.82. The number of anilines is 6. The van der Waals surface area contributed by atoms with Gasteiger partial charge in [0.2, 0.25) is 0 Å². The average molecular weight is 897 g/mol. The quantitative estimate of drug-likeness (QED) is 0.150. The van der Waals surface area contributed by atoms with E-state index in [0.29, 0.717) is 0 Å². The average Bonchev–Trinajstić information content (AvgIpc) is 3.78. The van der Waals surface area contributed by atoms with Crippen LogP contribution >= 0.6 is 0 Å². The van der Waals surface area contributed by atoms with Crippen molar-refractivity contribution in [1.29, 1.82) is 0 Å². The van der Waals surface area contributed by atoms with E-state index in [1.807, 2.05) is 0 Å². The van der Waals surface area contributed by atoms with Crippen molar-refractivity contribution in [2.75, 3.05) is 9.80 Å². The molecule has 0 aromatic heterocycles. The second kappa shape index (κ2) is 16.1. The molecular weight excluding hydrogens is 845 g/mol. The molecule has 11 aromatic rings. The maximum absolute atomic E-state index is 2.46. The Hall–Kier alpha value is -8.46. The Balaban J connectivity index is 0.834. The van der Waals surface area contributed by atoms with E-state index in [2.05, 4.69) is 280 Å². The fraction of sp³-hybridized carbons (Fsp3) is 0.0882. The number of hydrogen-bond acceptors (Lipinski definition) is 2. The van der Waals surface area contributed by atoms with Gasteiger partial charge in [0.1, 0.15) is 0 Å². The molecule has 11 aromatic carbocycles. The monoisotopic (exact) mass is 896 g/mol. The number of hydrogen-bond donors (Lipinski definition) is 0. The fourth-order valence-electron chi connectivity index (χ4n) is 11.8. The van der Waals surface area contributed by atoms with Crippen LogP contribution in [0, 0.1) is 0 Å². The fourth-order valence-corrected chi connectivity index (χ4v) is 11.8. The molecule has 0 radical (unpaired) electrons. The molecule has 0 fully saturated rings. The Bertz CT molecular complexity index is 3620. The molecule has 0 unspecified atom stereocenters. The first-order valence-corrected chi connectivity index (χ1v) is 24.6. The lowest BCUT2D eigenvalue weighted by molar-refractivity contribution is 0.660. The van der Waals surface area contributed by atoms with E-state index < -0.39 is 0 Å². The molecule has 13 rings (SSSR count). The third kappa shape index (κ3) is 6.62. The van der Waals surface area contributed by atoms with Crippen LogP contribution in [0.15, 0.2) is 243 Å². The number of benzene rings is 11. The molecule has 2 aliphatic rings. The molecule has 2 nitrogen and oxygen atoms in total. The SMILES string of the molecule is CC1(C)c2ccccc2-c2ccc(N(c3ccc(-c4ccc(-c5ccc(N(c6cccc7ccccc67)c6cccc7ccccc67)cc5)cc4)cc3)c3ccc4c(c3)C(C)(C)c3ccccc3-4)cc21. The predicted octanol–water partition coefficient (Wildman–Crippen LogP) is 18.9. The van der Waals surface area contributed by atoms with Gasteiger partial charge in [-0.1, -0.05) is 210 Å². The van der Waals surface area contributed by atoms with Crippen molar-refractivity contribution < 1.29 is 0 Å². The summed E-state index contributed by atoms with van der Waals surface area (Å²) in [5.41, 5.74) is 22.2. The van der Waals surface area contributed by atoms with Crippen LogP contribution in [-0.2, 0) is 10.8 Å². The van der Waals surface area contributed by atoms with Crippen LogP contribution in [0.2, 0.25) is 0 Å². The van der Waals surface area contributed by atoms with E-state index in [0.717, 1.165) is 34.1 Å². The number of rotatable bonds is 8.